The van der Waals surface area contributed by atoms with Crippen molar-refractivity contribution in [2.75, 3.05) is 5.32 Å². The third-order valence-electron chi connectivity index (χ3n) is 3.21. The normalized spacial score (nSPS) is 10.3. The van der Waals surface area contributed by atoms with Crippen LogP contribution in [0.2, 0.25) is 0 Å². The number of hydrogen-bond acceptors (Lipinski definition) is 2. The van der Waals surface area contributed by atoms with Gasteiger partial charge in [0.15, 0.2) is 0 Å². The minimum Gasteiger partial charge on any atom is -0.366 e. The van der Waals surface area contributed by atoms with Gasteiger partial charge in [0.2, 0.25) is 11.8 Å². The van der Waals surface area contributed by atoms with Crippen LogP contribution in [0.15, 0.2) is 36.4 Å². The SMILES string of the molecule is Cc1c(F)cc(C(N)=O)cc1NC(=O)Cc1ccccc1F. The van der Waals surface area contributed by atoms with Crippen molar-refractivity contribution in [3.63, 3.8) is 0 Å². The molecule has 2 aromatic rings. The highest BCUT2D eigenvalue weighted by atomic mass is 19.1. The molecule has 0 bridgehead atoms. The summed E-state index contributed by atoms with van der Waals surface area (Å²) in [4.78, 5) is 23.1. The third kappa shape index (κ3) is 3.46. The fraction of sp³-hybridized carbons (Fsp3) is 0.125. The molecule has 0 fully saturated rings. The van der Waals surface area contributed by atoms with Crippen molar-refractivity contribution in [1.82, 2.24) is 0 Å². The molecule has 2 amide bonds. The number of hydrogen-bond donors (Lipinski definition) is 2. The van der Waals surface area contributed by atoms with E-state index in [1.54, 1.807) is 6.07 Å². The third-order valence-corrected chi connectivity index (χ3v) is 3.21. The molecule has 2 aromatic carbocycles. The molecule has 22 heavy (non-hydrogen) atoms. The Kier molecular flexibility index (Phi) is 4.50. The molecular weight excluding hydrogens is 290 g/mol. The molecule has 0 atom stereocenters. The number of carbonyl (C=O) groups is 2. The molecule has 0 unspecified atom stereocenters. The van der Waals surface area contributed by atoms with Gasteiger partial charge in [-0.25, -0.2) is 8.78 Å². The first-order valence-electron chi connectivity index (χ1n) is 6.51. The lowest BCUT2D eigenvalue weighted by molar-refractivity contribution is -0.115. The first-order valence-corrected chi connectivity index (χ1v) is 6.51. The summed E-state index contributed by atoms with van der Waals surface area (Å²) >= 11 is 0. The van der Waals surface area contributed by atoms with E-state index in [-0.39, 0.29) is 28.8 Å². The highest BCUT2D eigenvalue weighted by molar-refractivity contribution is 5.97. The first kappa shape index (κ1) is 15.6. The number of primary amides is 1. The predicted molar refractivity (Wildman–Crippen MR) is 78.4 cm³/mol. The van der Waals surface area contributed by atoms with Gasteiger partial charge in [-0.1, -0.05) is 18.2 Å². The average molecular weight is 304 g/mol. The lowest BCUT2D eigenvalue weighted by Crippen LogP contribution is -2.18. The summed E-state index contributed by atoms with van der Waals surface area (Å²) in [6.45, 7) is 1.46. The number of nitrogens with one attached hydrogen (secondary N) is 1. The molecule has 0 heterocycles. The quantitative estimate of drug-likeness (QED) is 0.911. The molecule has 0 radical (unpaired) electrons. The van der Waals surface area contributed by atoms with Crippen molar-refractivity contribution in [2.45, 2.75) is 13.3 Å². The van der Waals surface area contributed by atoms with Crippen LogP contribution in [0, 0.1) is 18.6 Å². The Morgan fingerprint density at radius 3 is 2.45 bits per heavy atom. The van der Waals surface area contributed by atoms with Crippen molar-refractivity contribution in [1.29, 1.82) is 0 Å². The van der Waals surface area contributed by atoms with E-state index < -0.39 is 23.4 Å². The number of nitrogens with two attached hydrogens (primary N) is 1. The van der Waals surface area contributed by atoms with Crippen LogP contribution in [-0.4, -0.2) is 11.8 Å². The fourth-order valence-electron chi connectivity index (χ4n) is 1.96. The van der Waals surface area contributed by atoms with Crippen LogP contribution in [0.3, 0.4) is 0 Å². The topological polar surface area (TPSA) is 72.2 Å². The van der Waals surface area contributed by atoms with Crippen molar-refractivity contribution in [3.8, 4) is 0 Å². The molecule has 0 aromatic heterocycles. The second-order valence-corrected chi connectivity index (χ2v) is 4.81. The standard InChI is InChI=1S/C16H14F2N2O2/c1-9-13(18)6-11(16(19)22)7-14(9)20-15(21)8-10-4-2-3-5-12(10)17/h2-7H,8H2,1H3,(H2,19,22)(H,20,21). The number of halogens is 2. The number of anilines is 1. The molecule has 0 saturated heterocycles. The summed E-state index contributed by atoms with van der Waals surface area (Å²) in [5.74, 6) is -2.47. The van der Waals surface area contributed by atoms with Gasteiger partial charge < -0.3 is 11.1 Å². The second-order valence-electron chi connectivity index (χ2n) is 4.81. The second kappa shape index (κ2) is 6.34. The van der Waals surface area contributed by atoms with E-state index in [9.17, 15) is 18.4 Å². The number of amides is 2. The van der Waals surface area contributed by atoms with Gasteiger partial charge in [-0.3, -0.25) is 9.59 Å². The van der Waals surface area contributed by atoms with Crippen LogP contribution >= 0.6 is 0 Å². The van der Waals surface area contributed by atoms with Crippen LogP contribution in [0.4, 0.5) is 14.5 Å². The minimum absolute atomic E-state index is 0.0516. The first-order chi connectivity index (χ1) is 10.4. The smallest absolute Gasteiger partial charge is 0.248 e. The largest absolute Gasteiger partial charge is 0.366 e. The zero-order valence-electron chi connectivity index (χ0n) is 11.8. The van der Waals surface area contributed by atoms with E-state index in [0.717, 1.165) is 6.07 Å². The number of rotatable bonds is 4. The Bertz CT molecular complexity index is 745. The summed E-state index contributed by atoms with van der Waals surface area (Å²) in [6.07, 6.45) is -0.200. The highest BCUT2D eigenvalue weighted by Crippen LogP contribution is 2.21. The lowest BCUT2D eigenvalue weighted by atomic mass is 10.1. The van der Waals surface area contributed by atoms with E-state index >= 15 is 0 Å². The summed E-state index contributed by atoms with van der Waals surface area (Å²) in [6, 6.07) is 8.17. The van der Waals surface area contributed by atoms with Gasteiger partial charge >= 0.3 is 0 Å². The van der Waals surface area contributed by atoms with Crippen molar-refractivity contribution in [3.05, 3.63) is 64.7 Å². The Morgan fingerprint density at radius 2 is 1.82 bits per heavy atom. The Morgan fingerprint density at radius 1 is 1.14 bits per heavy atom. The van der Waals surface area contributed by atoms with Crippen molar-refractivity contribution >= 4 is 17.5 Å². The fourth-order valence-corrected chi connectivity index (χ4v) is 1.96. The van der Waals surface area contributed by atoms with Gasteiger partial charge in [0.1, 0.15) is 11.6 Å². The summed E-state index contributed by atoms with van der Waals surface area (Å²) in [5, 5.41) is 2.47. The highest BCUT2D eigenvalue weighted by Gasteiger charge is 2.14. The van der Waals surface area contributed by atoms with Crippen LogP contribution < -0.4 is 11.1 Å². The molecule has 2 rings (SSSR count). The van der Waals surface area contributed by atoms with Crippen LogP contribution in [-0.2, 0) is 11.2 Å². The van der Waals surface area contributed by atoms with Gasteiger partial charge in [-0.05, 0) is 30.7 Å². The molecule has 0 aliphatic rings. The van der Waals surface area contributed by atoms with Crippen LogP contribution in [0.5, 0.6) is 0 Å². The molecular formula is C16H14F2N2O2. The summed E-state index contributed by atoms with van der Waals surface area (Å²) < 4.78 is 27.2. The van der Waals surface area contributed by atoms with Gasteiger partial charge in [0.05, 0.1) is 6.42 Å². The van der Waals surface area contributed by atoms with E-state index in [4.69, 9.17) is 5.73 Å². The van der Waals surface area contributed by atoms with E-state index in [1.807, 2.05) is 0 Å². The molecule has 4 nitrogen and oxygen atoms in total. The Hall–Kier alpha value is -2.76. The average Bonchev–Trinajstić information content (AvgIpc) is 2.46. The molecule has 0 spiro atoms. The minimum atomic E-state index is -0.802. The van der Waals surface area contributed by atoms with Gasteiger partial charge in [-0.15, -0.1) is 0 Å². The molecule has 3 N–H and O–H groups in total. The zero-order valence-corrected chi connectivity index (χ0v) is 11.8. The Balaban J connectivity index is 2.21. The van der Waals surface area contributed by atoms with Crippen LogP contribution in [0.25, 0.3) is 0 Å². The molecule has 0 saturated carbocycles. The van der Waals surface area contributed by atoms with Gasteiger partial charge in [0.25, 0.3) is 0 Å². The predicted octanol–water partition coefficient (Wildman–Crippen LogP) is 2.55. The van der Waals surface area contributed by atoms with Crippen molar-refractivity contribution < 1.29 is 18.4 Å². The lowest BCUT2D eigenvalue weighted by Gasteiger charge is -2.11. The molecule has 6 heteroatoms. The number of benzene rings is 2. The van der Waals surface area contributed by atoms with Gasteiger partial charge in [-0.2, -0.15) is 0 Å². The van der Waals surface area contributed by atoms with E-state index in [0.29, 0.717) is 0 Å². The molecule has 0 aliphatic heterocycles. The summed E-state index contributed by atoms with van der Waals surface area (Å²) in [7, 11) is 0. The number of carbonyl (C=O) groups excluding carboxylic acids is 2. The molecule has 114 valence electrons. The maximum absolute atomic E-state index is 13.7. The zero-order chi connectivity index (χ0) is 16.3. The maximum atomic E-state index is 13.7. The van der Waals surface area contributed by atoms with Gasteiger partial charge in [0, 0.05) is 16.8 Å². The summed E-state index contributed by atoms with van der Waals surface area (Å²) in [5.41, 5.74) is 5.59. The van der Waals surface area contributed by atoms with E-state index in [1.165, 1.54) is 31.2 Å². The molecule has 0 aliphatic carbocycles. The van der Waals surface area contributed by atoms with E-state index in [2.05, 4.69) is 5.32 Å². The van der Waals surface area contributed by atoms with Crippen LogP contribution in [0.1, 0.15) is 21.5 Å². The Labute approximate surface area is 125 Å². The monoisotopic (exact) mass is 304 g/mol. The van der Waals surface area contributed by atoms with Crippen molar-refractivity contribution in [2.24, 2.45) is 5.73 Å². The maximum Gasteiger partial charge on any atom is 0.248 e.